The number of ether oxygens (including phenoxy) is 1. The third-order valence-corrected chi connectivity index (χ3v) is 7.24. The number of hydrogen-bond donors (Lipinski definition) is 1. The molecule has 5 rings (SSSR count). The van der Waals surface area contributed by atoms with E-state index in [0.717, 1.165) is 49.5 Å². The van der Waals surface area contributed by atoms with Crippen molar-refractivity contribution < 1.29 is 9.84 Å². The van der Waals surface area contributed by atoms with Crippen molar-refractivity contribution in [2.45, 2.75) is 19.6 Å². The summed E-state index contributed by atoms with van der Waals surface area (Å²) in [6.07, 6.45) is -0.651. The van der Waals surface area contributed by atoms with Crippen LogP contribution in [0.5, 0.6) is 5.75 Å². The number of aryl methyl sites for hydroxylation is 1. The Hall–Kier alpha value is -3.35. The molecule has 0 radical (unpaired) electrons. The van der Waals surface area contributed by atoms with Gasteiger partial charge >= 0.3 is 0 Å². The van der Waals surface area contributed by atoms with Gasteiger partial charge in [-0.15, -0.1) is 0 Å². The summed E-state index contributed by atoms with van der Waals surface area (Å²) < 4.78 is 9.31. The van der Waals surface area contributed by atoms with Gasteiger partial charge < -0.3 is 14.4 Å². The standard InChI is InChI=1S/C28H30ClN5O3/c1-20-16-27(36)34-26-5-3-2-4-25(26)33(28(34)24(20)17-30)19-22(35)18-32-12-10-31(11-13-32)14-15-37-23-8-6-21(29)7-9-23/h2-9,16,22,35H,10-15,18-19H2,1H3/t22-/m1/s1. The summed E-state index contributed by atoms with van der Waals surface area (Å²) in [5, 5.41) is 21.6. The molecule has 2 aromatic carbocycles. The van der Waals surface area contributed by atoms with Gasteiger partial charge in [-0.25, -0.2) is 0 Å². The molecule has 1 aliphatic heterocycles. The molecule has 1 aliphatic rings. The number of para-hydroxylation sites is 2. The third-order valence-electron chi connectivity index (χ3n) is 6.99. The first-order valence-corrected chi connectivity index (χ1v) is 12.9. The van der Waals surface area contributed by atoms with Crippen molar-refractivity contribution >= 4 is 28.3 Å². The molecule has 3 heterocycles. The van der Waals surface area contributed by atoms with Gasteiger partial charge in [0.1, 0.15) is 24.1 Å². The lowest BCUT2D eigenvalue weighted by molar-refractivity contribution is 0.0613. The number of imidazole rings is 1. The molecular weight excluding hydrogens is 490 g/mol. The van der Waals surface area contributed by atoms with Crippen molar-refractivity contribution in [1.82, 2.24) is 18.8 Å². The van der Waals surface area contributed by atoms with Gasteiger partial charge in [0.2, 0.25) is 0 Å². The van der Waals surface area contributed by atoms with Gasteiger partial charge in [-0.2, -0.15) is 5.26 Å². The largest absolute Gasteiger partial charge is 0.492 e. The Kier molecular flexibility index (Phi) is 7.49. The van der Waals surface area contributed by atoms with E-state index in [-0.39, 0.29) is 5.56 Å². The number of pyridine rings is 1. The summed E-state index contributed by atoms with van der Waals surface area (Å²) in [7, 11) is 0. The molecule has 0 spiro atoms. The van der Waals surface area contributed by atoms with E-state index in [1.165, 1.54) is 6.07 Å². The zero-order chi connectivity index (χ0) is 25.9. The third kappa shape index (κ3) is 5.36. The number of nitriles is 1. The van der Waals surface area contributed by atoms with Crippen molar-refractivity contribution in [3.05, 3.63) is 81.1 Å². The van der Waals surface area contributed by atoms with Crippen molar-refractivity contribution in [2.75, 3.05) is 45.9 Å². The first kappa shape index (κ1) is 25.3. The highest BCUT2D eigenvalue weighted by molar-refractivity contribution is 6.30. The molecule has 0 amide bonds. The Balaban J connectivity index is 1.22. The zero-order valence-electron chi connectivity index (χ0n) is 20.8. The quantitative estimate of drug-likeness (QED) is 0.385. The molecule has 1 N–H and O–H groups in total. The maximum absolute atomic E-state index is 12.8. The van der Waals surface area contributed by atoms with Crippen LogP contribution < -0.4 is 10.3 Å². The second kappa shape index (κ2) is 11.0. The number of aliphatic hydroxyl groups excluding tert-OH is 1. The number of piperazine rings is 1. The molecule has 9 heteroatoms. The van der Waals surface area contributed by atoms with Gasteiger partial charge in [0.15, 0.2) is 0 Å². The van der Waals surface area contributed by atoms with Crippen molar-refractivity contribution in [1.29, 1.82) is 5.26 Å². The predicted octanol–water partition coefficient (Wildman–Crippen LogP) is 3.15. The Morgan fingerprint density at radius 3 is 2.41 bits per heavy atom. The van der Waals surface area contributed by atoms with E-state index in [9.17, 15) is 15.2 Å². The molecule has 1 saturated heterocycles. The van der Waals surface area contributed by atoms with Gasteiger partial charge in [-0.1, -0.05) is 23.7 Å². The zero-order valence-corrected chi connectivity index (χ0v) is 21.6. The summed E-state index contributed by atoms with van der Waals surface area (Å²) >= 11 is 5.92. The number of aliphatic hydroxyl groups is 1. The monoisotopic (exact) mass is 519 g/mol. The topological polar surface area (TPSA) is 86.1 Å². The van der Waals surface area contributed by atoms with E-state index in [4.69, 9.17) is 16.3 Å². The number of rotatable bonds is 8. The van der Waals surface area contributed by atoms with E-state index in [1.54, 1.807) is 11.3 Å². The SMILES string of the molecule is Cc1cc(=O)n2c3ccccc3n(C[C@H](O)CN3CCN(CCOc4ccc(Cl)cc4)CC3)c2c1C#N. The van der Waals surface area contributed by atoms with E-state index >= 15 is 0 Å². The van der Waals surface area contributed by atoms with Crippen LogP contribution in [0, 0.1) is 18.3 Å². The summed E-state index contributed by atoms with van der Waals surface area (Å²) in [6.45, 7) is 7.55. The molecule has 1 fully saturated rings. The van der Waals surface area contributed by atoms with Gasteiger partial charge in [0.05, 0.1) is 29.2 Å². The minimum atomic E-state index is -0.651. The predicted molar refractivity (Wildman–Crippen MR) is 144 cm³/mol. The molecule has 0 bridgehead atoms. The molecule has 0 aliphatic carbocycles. The number of halogens is 1. The Morgan fingerprint density at radius 2 is 1.70 bits per heavy atom. The highest BCUT2D eigenvalue weighted by Gasteiger charge is 2.22. The van der Waals surface area contributed by atoms with Crippen LogP contribution in [0.3, 0.4) is 0 Å². The molecule has 0 saturated carbocycles. The number of hydrogen-bond acceptors (Lipinski definition) is 6. The fourth-order valence-electron chi connectivity index (χ4n) is 5.11. The number of fused-ring (bicyclic) bond motifs is 3. The first-order valence-electron chi connectivity index (χ1n) is 12.5. The Bertz CT molecular complexity index is 1500. The van der Waals surface area contributed by atoms with Gasteiger partial charge in [-0.05, 0) is 48.9 Å². The lowest BCUT2D eigenvalue weighted by atomic mass is 10.1. The minimum Gasteiger partial charge on any atom is -0.492 e. The molecule has 0 unspecified atom stereocenters. The lowest BCUT2D eigenvalue weighted by Crippen LogP contribution is -2.49. The molecule has 1 atom stereocenters. The Morgan fingerprint density at radius 1 is 1.03 bits per heavy atom. The summed E-state index contributed by atoms with van der Waals surface area (Å²) in [5.41, 5.74) is 3.02. The molecule has 192 valence electrons. The molecule has 4 aromatic rings. The average molecular weight is 520 g/mol. The van der Waals surface area contributed by atoms with Crippen molar-refractivity contribution in [3.8, 4) is 11.8 Å². The van der Waals surface area contributed by atoms with Gasteiger partial charge in [-0.3, -0.25) is 19.0 Å². The second-order valence-corrected chi connectivity index (χ2v) is 9.95. The summed E-state index contributed by atoms with van der Waals surface area (Å²) in [4.78, 5) is 17.5. The molecule has 37 heavy (non-hydrogen) atoms. The number of benzene rings is 2. The van der Waals surface area contributed by atoms with Gasteiger partial charge in [0.25, 0.3) is 5.56 Å². The molecule has 2 aromatic heterocycles. The van der Waals surface area contributed by atoms with E-state index < -0.39 is 6.10 Å². The van der Waals surface area contributed by atoms with Crippen LogP contribution in [0.15, 0.2) is 59.4 Å². The first-order chi connectivity index (χ1) is 17.9. The van der Waals surface area contributed by atoms with Crippen molar-refractivity contribution in [3.63, 3.8) is 0 Å². The van der Waals surface area contributed by atoms with Crippen LogP contribution >= 0.6 is 11.6 Å². The molecule has 8 nitrogen and oxygen atoms in total. The second-order valence-electron chi connectivity index (χ2n) is 9.51. The van der Waals surface area contributed by atoms with Gasteiger partial charge in [0, 0.05) is 50.4 Å². The number of nitrogens with zero attached hydrogens (tertiary/aromatic N) is 5. The highest BCUT2D eigenvalue weighted by Crippen LogP contribution is 2.24. The lowest BCUT2D eigenvalue weighted by Gasteiger charge is -2.35. The maximum atomic E-state index is 12.8. The highest BCUT2D eigenvalue weighted by atomic mass is 35.5. The smallest absolute Gasteiger partial charge is 0.257 e. The van der Waals surface area contributed by atoms with Crippen LogP contribution in [-0.4, -0.2) is 75.9 Å². The fourth-order valence-corrected chi connectivity index (χ4v) is 5.23. The summed E-state index contributed by atoms with van der Waals surface area (Å²) in [6, 6.07) is 18.7. The average Bonchev–Trinajstić information content (AvgIpc) is 3.21. The van der Waals surface area contributed by atoms with Crippen molar-refractivity contribution in [2.24, 2.45) is 0 Å². The fraction of sp³-hybridized carbons (Fsp3) is 0.357. The molecular formula is C28H30ClN5O3. The van der Waals surface area contributed by atoms with Crippen LogP contribution in [0.25, 0.3) is 16.7 Å². The Labute approximate surface area is 220 Å². The van der Waals surface area contributed by atoms with E-state index in [1.807, 2.05) is 53.1 Å². The van der Waals surface area contributed by atoms with Crippen LogP contribution in [0.4, 0.5) is 0 Å². The van der Waals surface area contributed by atoms with Crippen LogP contribution in [-0.2, 0) is 6.54 Å². The normalized spacial score (nSPS) is 15.7. The van der Waals surface area contributed by atoms with E-state index in [0.29, 0.717) is 41.5 Å². The maximum Gasteiger partial charge on any atom is 0.257 e. The number of β-amino-alcohol motifs (C(OH)–C–C–N with tert-alkyl or cyclic N) is 1. The number of aromatic nitrogens is 2. The van der Waals surface area contributed by atoms with Crippen LogP contribution in [0.2, 0.25) is 5.02 Å². The minimum absolute atomic E-state index is 0.174. The van der Waals surface area contributed by atoms with Crippen LogP contribution in [0.1, 0.15) is 11.1 Å². The van der Waals surface area contributed by atoms with E-state index in [2.05, 4.69) is 15.9 Å². The summed E-state index contributed by atoms with van der Waals surface area (Å²) in [5.74, 6) is 0.813.